The number of nitrogens with zero attached hydrogens (tertiary/aromatic N) is 1. The van der Waals surface area contributed by atoms with Gasteiger partial charge in [-0.1, -0.05) is 18.2 Å². The van der Waals surface area contributed by atoms with Crippen molar-refractivity contribution in [3.63, 3.8) is 0 Å². The van der Waals surface area contributed by atoms with Gasteiger partial charge in [0.15, 0.2) is 0 Å². The first-order valence-corrected chi connectivity index (χ1v) is 6.21. The fraction of sp³-hybridized carbons (Fsp3) is 0.133. The third kappa shape index (κ3) is 3.91. The standard InChI is InChI=1S/C15H15N3O2/c1-11-9-13(7-8-16-11)18-14(19)10-17-15(20)12-5-3-2-4-6-12/h2-9H,10H2,1H3,(H,17,20)(H,16,18,19). The Morgan fingerprint density at radius 1 is 1.15 bits per heavy atom. The van der Waals surface area contributed by atoms with Gasteiger partial charge in [0.25, 0.3) is 5.91 Å². The summed E-state index contributed by atoms with van der Waals surface area (Å²) in [7, 11) is 0. The molecule has 0 atom stereocenters. The molecule has 2 amide bonds. The highest BCUT2D eigenvalue weighted by atomic mass is 16.2. The lowest BCUT2D eigenvalue weighted by atomic mass is 10.2. The largest absolute Gasteiger partial charge is 0.343 e. The van der Waals surface area contributed by atoms with Gasteiger partial charge in [0.05, 0.1) is 6.54 Å². The van der Waals surface area contributed by atoms with E-state index in [1.54, 1.807) is 42.6 Å². The van der Waals surface area contributed by atoms with Gasteiger partial charge in [-0.25, -0.2) is 0 Å². The minimum Gasteiger partial charge on any atom is -0.343 e. The van der Waals surface area contributed by atoms with Crippen LogP contribution in [0.25, 0.3) is 0 Å². The molecule has 5 heteroatoms. The Bertz CT molecular complexity index is 612. The molecule has 1 aromatic heterocycles. The molecule has 0 aliphatic rings. The van der Waals surface area contributed by atoms with Crippen molar-refractivity contribution in [2.24, 2.45) is 0 Å². The first kappa shape index (κ1) is 13.7. The topological polar surface area (TPSA) is 71.1 Å². The lowest BCUT2D eigenvalue weighted by Crippen LogP contribution is -2.32. The zero-order valence-corrected chi connectivity index (χ0v) is 11.1. The normalized spacial score (nSPS) is 9.85. The molecule has 0 radical (unpaired) electrons. The molecular weight excluding hydrogens is 254 g/mol. The number of aromatic nitrogens is 1. The molecule has 102 valence electrons. The number of hydrogen-bond donors (Lipinski definition) is 2. The maximum absolute atomic E-state index is 11.8. The van der Waals surface area contributed by atoms with Crippen molar-refractivity contribution in [2.75, 3.05) is 11.9 Å². The Balaban J connectivity index is 1.85. The highest BCUT2D eigenvalue weighted by molar-refractivity contribution is 5.99. The third-order valence-electron chi connectivity index (χ3n) is 2.63. The average molecular weight is 269 g/mol. The quantitative estimate of drug-likeness (QED) is 0.888. The average Bonchev–Trinajstić information content (AvgIpc) is 2.46. The Morgan fingerprint density at radius 3 is 2.60 bits per heavy atom. The van der Waals surface area contributed by atoms with Crippen LogP contribution >= 0.6 is 0 Å². The molecule has 0 bridgehead atoms. The van der Waals surface area contributed by atoms with Crippen molar-refractivity contribution in [1.29, 1.82) is 0 Å². The molecule has 2 aromatic rings. The van der Waals surface area contributed by atoms with Gasteiger partial charge in [-0.2, -0.15) is 0 Å². The van der Waals surface area contributed by atoms with E-state index < -0.39 is 0 Å². The summed E-state index contributed by atoms with van der Waals surface area (Å²) >= 11 is 0. The highest BCUT2D eigenvalue weighted by Gasteiger charge is 2.07. The summed E-state index contributed by atoms with van der Waals surface area (Å²) in [5.74, 6) is -0.549. The van der Waals surface area contributed by atoms with Gasteiger partial charge in [-0.05, 0) is 31.2 Å². The zero-order valence-electron chi connectivity index (χ0n) is 11.1. The van der Waals surface area contributed by atoms with Gasteiger partial charge in [-0.3, -0.25) is 14.6 Å². The van der Waals surface area contributed by atoms with Crippen molar-refractivity contribution in [2.45, 2.75) is 6.92 Å². The van der Waals surface area contributed by atoms with Gasteiger partial charge < -0.3 is 10.6 Å². The predicted octanol–water partition coefficient (Wildman–Crippen LogP) is 1.76. The number of anilines is 1. The highest BCUT2D eigenvalue weighted by Crippen LogP contribution is 2.06. The third-order valence-corrected chi connectivity index (χ3v) is 2.63. The van der Waals surface area contributed by atoms with Crippen molar-refractivity contribution < 1.29 is 9.59 Å². The van der Waals surface area contributed by atoms with Gasteiger partial charge >= 0.3 is 0 Å². The molecule has 2 N–H and O–H groups in total. The Labute approximate surface area is 117 Å². The van der Waals surface area contributed by atoms with Crippen molar-refractivity contribution in [3.05, 3.63) is 59.9 Å². The molecule has 20 heavy (non-hydrogen) atoms. The predicted molar refractivity (Wildman–Crippen MR) is 76.4 cm³/mol. The molecule has 0 unspecified atom stereocenters. The van der Waals surface area contributed by atoms with Gasteiger partial charge in [0.1, 0.15) is 0 Å². The van der Waals surface area contributed by atoms with Crippen LogP contribution in [0.1, 0.15) is 16.1 Å². The van der Waals surface area contributed by atoms with Crippen LogP contribution in [0.15, 0.2) is 48.7 Å². The molecule has 1 aromatic carbocycles. The fourth-order valence-electron chi connectivity index (χ4n) is 1.68. The summed E-state index contributed by atoms with van der Waals surface area (Å²) in [6.07, 6.45) is 1.62. The molecule has 0 aliphatic carbocycles. The Hall–Kier alpha value is -2.69. The van der Waals surface area contributed by atoms with Crippen LogP contribution in [0.3, 0.4) is 0 Å². The molecule has 5 nitrogen and oxygen atoms in total. The van der Waals surface area contributed by atoms with Crippen molar-refractivity contribution >= 4 is 17.5 Å². The van der Waals surface area contributed by atoms with Crippen LogP contribution in [0.4, 0.5) is 5.69 Å². The van der Waals surface area contributed by atoms with E-state index in [-0.39, 0.29) is 18.4 Å². The van der Waals surface area contributed by atoms with E-state index in [9.17, 15) is 9.59 Å². The van der Waals surface area contributed by atoms with E-state index in [0.717, 1.165) is 5.69 Å². The number of nitrogens with one attached hydrogen (secondary N) is 2. The number of rotatable bonds is 4. The molecule has 0 saturated carbocycles. The van der Waals surface area contributed by atoms with Crippen molar-refractivity contribution in [3.8, 4) is 0 Å². The molecule has 0 spiro atoms. The van der Waals surface area contributed by atoms with Crippen LogP contribution in [0.5, 0.6) is 0 Å². The summed E-state index contributed by atoms with van der Waals surface area (Å²) in [5, 5.41) is 5.26. The van der Waals surface area contributed by atoms with Crippen LogP contribution < -0.4 is 10.6 Å². The van der Waals surface area contributed by atoms with E-state index in [0.29, 0.717) is 11.3 Å². The number of amides is 2. The summed E-state index contributed by atoms with van der Waals surface area (Å²) in [5.41, 5.74) is 2.01. The lowest BCUT2D eigenvalue weighted by Gasteiger charge is -2.07. The minimum absolute atomic E-state index is 0.0743. The SMILES string of the molecule is Cc1cc(NC(=O)CNC(=O)c2ccccc2)ccn1. The first-order valence-electron chi connectivity index (χ1n) is 6.21. The molecule has 2 rings (SSSR count). The van der Waals surface area contributed by atoms with Crippen molar-refractivity contribution in [1.82, 2.24) is 10.3 Å². The second-order valence-electron chi connectivity index (χ2n) is 4.28. The number of pyridine rings is 1. The maximum Gasteiger partial charge on any atom is 0.251 e. The summed E-state index contributed by atoms with van der Waals surface area (Å²) < 4.78 is 0. The van der Waals surface area contributed by atoms with E-state index in [2.05, 4.69) is 15.6 Å². The number of carbonyl (C=O) groups is 2. The van der Waals surface area contributed by atoms with Crippen LogP contribution in [0, 0.1) is 6.92 Å². The second-order valence-corrected chi connectivity index (χ2v) is 4.28. The number of carbonyl (C=O) groups excluding carboxylic acids is 2. The Morgan fingerprint density at radius 2 is 1.90 bits per heavy atom. The van der Waals surface area contributed by atoms with E-state index >= 15 is 0 Å². The fourth-order valence-corrected chi connectivity index (χ4v) is 1.68. The molecular formula is C15H15N3O2. The second kappa shape index (κ2) is 6.47. The number of aryl methyl sites for hydroxylation is 1. The summed E-state index contributed by atoms with van der Waals surface area (Å²) in [6.45, 7) is 1.77. The zero-order chi connectivity index (χ0) is 14.4. The molecule has 1 heterocycles. The number of benzene rings is 1. The van der Waals surface area contributed by atoms with Crippen LogP contribution in [-0.4, -0.2) is 23.3 Å². The molecule has 0 saturated heterocycles. The first-order chi connectivity index (χ1) is 9.65. The van der Waals surface area contributed by atoms with Crippen LogP contribution in [0.2, 0.25) is 0 Å². The van der Waals surface area contributed by atoms with Gasteiger partial charge in [0.2, 0.25) is 5.91 Å². The maximum atomic E-state index is 11.8. The lowest BCUT2D eigenvalue weighted by molar-refractivity contribution is -0.115. The molecule has 0 fully saturated rings. The van der Waals surface area contributed by atoms with E-state index in [1.165, 1.54) is 0 Å². The number of hydrogen-bond acceptors (Lipinski definition) is 3. The van der Waals surface area contributed by atoms with E-state index in [4.69, 9.17) is 0 Å². The monoisotopic (exact) mass is 269 g/mol. The minimum atomic E-state index is -0.278. The summed E-state index contributed by atoms with van der Waals surface area (Å²) in [6, 6.07) is 12.2. The molecule has 0 aliphatic heterocycles. The van der Waals surface area contributed by atoms with Crippen LogP contribution in [-0.2, 0) is 4.79 Å². The summed E-state index contributed by atoms with van der Waals surface area (Å²) in [4.78, 5) is 27.5. The van der Waals surface area contributed by atoms with E-state index in [1.807, 2.05) is 13.0 Å². The Kier molecular flexibility index (Phi) is 4.44. The smallest absolute Gasteiger partial charge is 0.251 e. The van der Waals surface area contributed by atoms with Gasteiger partial charge in [-0.15, -0.1) is 0 Å². The van der Waals surface area contributed by atoms with Gasteiger partial charge in [0, 0.05) is 23.1 Å².